The standard InChI is InChI=1S/C13H19N5OS/c1-4-7-5-8-10(16-12(15)17-11(8)20-7)18-13(2,3)6-9(14)19/h5H,4,6H2,1-3H3,(H2,14,19)(H3,15,16,17,18). The molecule has 0 saturated heterocycles. The monoisotopic (exact) mass is 293 g/mol. The van der Waals surface area contributed by atoms with Crippen molar-refractivity contribution in [2.24, 2.45) is 5.73 Å². The van der Waals surface area contributed by atoms with Crippen molar-refractivity contribution in [1.29, 1.82) is 0 Å². The quantitative estimate of drug-likeness (QED) is 0.780. The zero-order valence-electron chi connectivity index (χ0n) is 11.9. The Morgan fingerprint density at radius 2 is 2.15 bits per heavy atom. The molecule has 0 aliphatic carbocycles. The first-order valence-corrected chi connectivity index (χ1v) is 7.25. The highest BCUT2D eigenvalue weighted by Crippen LogP contribution is 2.31. The molecule has 0 fully saturated rings. The average Bonchev–Trinajstić information content (AvgIpc) is 2.69. The fourth-order valence-corrected chi connectivity index (χ4v) is 3.03. The van der Waals surface area contributed by atoms with Crippen LogP contribution in [0.3, 0.4) is 0 Å². The number of aromatic nitrogens is 2. The number of anilines is 2. The van der Waals surface area contributed by atoms with Gasteiger partial charge in [0, 0.05) is 16.8 Å². The normalized spacial score (nSPS) is 11.8. The minimum absolute atomic E-state index is 0.211. The number of amides is 1. The van der Waals surface area contributed by atoms with Crippen molar-refractivity contribution < 1.29 is 4.79 Å². The number of carbonyl (C=O) groups is 1. The molecule has 0 atom stereocenters. The number of nitrogens with two attached hydrogens (primary N) is 2. The molecule has 6 nitrogen and oxygen atoms in total. The molecule has 0 radical (unpaired) electrons. The Kier molecular flexibility index (Phi) is 3.80. The summed E-state index contributed by atoms with van der Waals surface area (Å²) in [6.07, 6.45) is 1.15. The zero-order chi connectivity index (χ0) is 14.9. The van der Waals surface area contributed by atoms with Gasteiger partial charge in [-0.15, -0.1) is 11.3 Å². The van der Waals surface area contributed by atoms with Crippen molar-refractivity contribution in [3.05, 3.63) is 10.9 Å². The number of nitrogens with one attached hydrogen (secondary N) is 1. The van der Waals surface area contributed by atoms with E-state index >= 15 is 0 Å². The fraction of sp³-hybridized carbons (Fsp3) is 0.462. The van der Waals surface area contributed by atoms with Crippen molar-refractivity contribution in [3.8, 4) is 0 Å². The van der Waals surface area contributed by atoms with Gasteiger partial charge in [-0.2, -0.15) is 4.98 Å². The molecule has 2 heterocycles. The van der Waals surface area contributed by atoms with Crippen LogP contribution in [-0.4, -0.2) is 21.4 Å². The molecule has 0 aliphatic rings. The van der Waals surface area contributed by atoms with Crippen molar-refractivity contribution >= 4 is 39.2 Å². The topological polar surface area (TPSA) is 107 Å². The molecular formula is C13H19N5OS. The Morgan fingerprint density at radius 1 is 1.45 bits per heavy atom. The van der Waals surface area contributed by atoms with Gasteiger partial charge in [-0.1, -0.05) is 6.92 Å². The maximum atomic E-state index is 11.1. The molecule has 0 aromatic carbocycles. The first-order valence-electron chi connectivity index (χ1n) is 6.43. The van der Waals surface area contributed by atoms with Crippen LogP contribution in [0.2, 0.25) is 0 Å². The summed E-state index contributed by atoms with van der Waals surface area (Å²) < 4.78 is 0. The maximum absolute atomic E-state index is 11.1. The van der Waals surface area contributed by atoms with Crippen LogP contribution < -0.4 is 16.8 Å². The van der Waals surface area contributed by atoms with Gasteiger partial charge < -0.3 is 16.8 Å². The van der Waals surface area contributed by atoms with Crippen molar-refractivity contribution in [2.45, 2.75) is 39.2 Å². The van der Waals surface area contributed by atoms with Crippen LogP contribution >= 0.6 is 11.3 Å². The molecule has 2 aromatic heterocycles. The third kappa shape index (κ3) is 3.16. The van der Waals surface area contributed by atoms with E-state index in [4.69, 9.17) is 11.5 Å². The highest BCUT2D eigenvalue weighted by molar-refractivity contribution is 7.18. The van der Waals surface area contributed by atoms with Crippen LogP contribution in [0.1, 0.15) is 32.1 Å². The van der Waals surface area contributed by atoms with E-state index in [1.165, 1.54) is 4.88 Å². The summed E-state index contributed by atoms with van der Waals surface area (Å²) in [6, 6.07) is 2.06. The Hall–Kier alpha value is -1.89. The molecule has 5 N–H and O–H groups in total. The highest BCUT2D eigenvalue weighted by atomic mass is 32.1. The van der Waals surface area contributed by atoms with E-state index in [-0.39, 0.29) is 18.3 Å². The Morgan fingerprint density at radius 3 is 2.75 bits per heavy atom. The number of carbonyl (C=O) groups excluding carboxylic acids is 1. The van der Waals surface area contributed by atoms with Gasteiger partial charge in [0.1, 0.15) is 10.6 Å². The van der Waals surface area contributed by atoms with Gasteiger partial charge >= 0.3 is 0 Å². The lowest BCUT2D eigenvalue weighted by molar-refractivity contribution is -0.118. The lowest BCUT2D eigenvalue weighted by Gasteiger charge is -2.25. The van der Waals surface area contributed by atoms with Gasteiger partial charge in [-0.3, -0.25) is 4.79 Å². The first kappa shape index (κ1) is 14.5. The lowest BCUT2D eigenvalue weighted by Crippen LogP contribution is -2.36. The van der Waals surface area contributed by atoms with Gasteiger partial charge in [0.15, 0.2) is 0 Å². The van der Waals surface area contributed by atoms with E-state index in [1.807, 2.05) is 13.8 Å². The molecule has 0 aliphatic heterocycles. The Balaban J connectivity index is 2.42. The van der Waals surface area contributed by atoms with Crippen LogP contribution in [0.4, 0.5) is 11.8 Å². The molecule has 0 saturated carbocycles. The van der Waals surface area contributed by atoms with E-state index in [1.54, 1.807) is 11.3 Å². The molecule has 0 unspecified atom stereocenters. The van der Waals surface area contributed by atoms with Crippen molar-refractivity contribution in [1.82, 2.24) is 9.97 Å². The number of nitrogen functional groups attached to an aromatic ring is 1. The summed E-state index contributed by atoms with van der Waals surface area (Å²) >= 11 is 1.60. The highest BCUT2D eigenvalue weighted by Gasteiger charge is 2.22. The average molecular weight is 293 g/mol. The van der Waals surface area contributed by atoms with Crippen LogP contribution in [0.25, 0.3) is 10.2 Å². The Labute approximate surface area is 121 Å². The predicted octanol–water partition coefficient (Wildman–Crippen LogP) is 1.90. The largest absolute Gasteiger partial charge is 0.370 e. The summed E-state index contributed by atoms with van der Waals surface area (Å²) in [4.78, 5) is 21.7. The van der Waals surface area contributed by atoms with E-state index in [0.717, 1.165) is 16.6 Å². The SMILES string of the molecule is CCc1cc2c(NC(C)(C)CC(N)=O)nc(N)nc2s1. The zero-order valence-corrected chi connectivity index (χ0v) is 12.7. The second-order valence-corrected chi connectivity index (χ2v) is 6.48. The number of rotatable bonds is 5. The molecular weight excluding hydrogens is 274 g/mol. The second-order valence-electron chi connectivity index (χ2n) is 5.37. The summed E-state index contributed by atoms with van der Waals surface area (Å²) in [5, 5.41) is 4.17. The number of fused-ring (bicyclic) bond motifs is 1. The summed E-state index contributed by atoms with van der Waals surface area (Å²) in [7, 11) is 0. The Bertz CT molecular complexity index is 649. The van der Waals surface area contributed by atoms with E-state index < -0.39 is 5.54 Å². The van der Waals surface area contributed by atoms with Gasteiger partial charge in [0.2, 0.25) is 11.9 Å². The first-order chi connectivity index (χ1) is 9.30. The van der Waals surface area contributed by atoms with Crippen molar-refractivity contribution in [3.63, 3.8) is 0 Å². The van der Waals surface area contributed by atoms with Crippen LogP contribution in [0, 0.1) is 0 Å². The predicted molar refractivity (Wildman–Crippen MR) is 82.7 cm³/mol. The minimum atomic E-state index is -0.492. The summed E-state index contributed by atoms with van der Waals surface area (Å²) in [5.41, 5.74) is 10.5. The summed E-state index contributed by atoms with van der Waals surface area (Å²) in [6.45, 7) is 5.88. The number of nitrogens with zero attached hydrogens (tertiary/aromatic N) is 2. The van der Waals surface area contributed by atoms with E-state index in [2.05, 4.69) is 28.3 Å². The summed E-state index contributed by atoms with van der Waals surface area (Å²) in [5.74, 6) is 0.509. The number of hydrogen-bond acceptors (Lipinski definition) is 6. The van der Waals surface area contributed by atoms with Crippen LogP contribution in [-0.2, 0) is 11.2 Å². The van der Waals surface area contributed by atoms with Gasteiger partial charge in [-0.05, 0) is 26.3 Å². The van der Waals surface area contributed by atoms with Crippen LogP contribution in [0.5, 0.6) is 0 Å². The molecule has 1 amide bonds. The van der Waals surface area contributed by atoms with Gasteiger partial charge in [0.25, 0.3) is 0 Å². The molecule has 2 rings (SSSR count). The smallest absolute Gasteiger partial charge is 0.223 e. The second kappa shape index (κ2) is 5.24. The number of thiophene rings is 1. The minimum Gasteiger partial charge on any atom is -0.370 e. The lowest BCUT2D eigenvalue weighted by atomic mass is 10.0. The molecule has 2 aromatic rings. The molecule has 20 heavy (non-hydrogen) atoms. The molecule has 7 heteroatoms. The fourth-order valence-electron chi connectivity index (χ4n) is 2.06. The third-order valence-electron chi connectivity index (χ3n) is 2.88. The number of primary amides is 1. The maximum Gasteiger partial charge on any atom is 0.223 e. The van der Waals surface area contributed by atoms with Crippen LogP contribution in [0.15, 0.2) is 6.07 Å². The number of hydrogen-bond donors (Lipinski definition) is 3. The molecule has 108 valence electrons. The molecule has 0 spiro atoms. The third-order valence-corrected chi connectivity index (χ3v) is 4.06. The molecule has 0 bridgehead atoms. The van der Waals surface area contributed by atoms with E-state index in [9.17, 15) is 4.79 Å². The van der Waals surface area contributed by atoms with Gasteiger partial charge in [-0.25, -0.2) is 4.98 Å². The number of aryl methyl sites for hydroxylation is 1. The van der Waals surface area contributed by atoms with Gasteiger partial charge in [0.05, 0.1) is 5.39 Å². The van der Waals surface area contributed by atoms with Crippen molar-refractivity contribution in [2.75, 3.05) is 11.1 Å². The van der Waals surface area contributed by atoms with E-state index in [0.29, 0.717) is 5.82 Å².